The van der Waals surface area contributed by atoms with E-state index in [2.05, 4.69) is 10.3 Å². The van der Waals surface area contributed by atoms with Gasteiger partial charge in [0, 0.05) is 19.4 Å². The second-order valence-corrected chi connectivity index (χ2v) is 6.53. The Labute approximate surface area is 137 Å². The van der Waals surface area contributed by atoms with E-state index in [0.29, 0.717) is 9.21 Å². The molecule has 1 unspecified atom stereocenters. The highest BCUT2D eigenvalue weighted by molar-refractivity contribution is 7.18. The third kappa shape index (κ3) is 3.05. The van der Waals surface area contributed by atoms with Crippen LogP contribution < -0.4 is 5.32 Å². The molecular formula is C16H14ClN3OS. The van der Waals surface area contributed by atoms with Gasteiger partial charge in [0.25, 0.3) is 5.91 Å². The number of imidazole rings is 1. The first-order valence-corrected chi connectivity index (χ1v) is 7.93. The number of hydrogen-bond donors (Lipinski definition) is 1. The van der Waals surface area contributed by atoms with Crippen LogP contribution in [0.3, 0.4) is 0 Å². The molecule has 4 nitrogen and oxygen atoms in total. The van der Waals surface area contributed by atoms with E-state index in [1.165, 1.54) is 11.3 Å². The molecule has 0 radical (unpaired) electrons. The standard InChI is InChI=1S/C16H14ClN3OS/c1-20-10-9-18-15(20)14(11-5-3-2-4-6-11)19-16(21)12-7-8-13(17)22-12/h2-10,14H,1H3,(H,19,21). The summed E-state index contributed by atoms with van der Waals surface area (Å²) in [5, 5.41) is 3.04. The molecular weight excluding hydrogens is 318 g/mol. The molecule has 6 heteroatoms. The van der Waals surface area contributed by atoms with Gasteiger partial charge in [-0.05, 0) is 17.7 Å². The number of carbonyl (C=O) groups excluding carboxylic acids is 1. The molecule has 0 aliphatic rings. The molecule has 1 amide bonds. The van der Waals surface area contributed by atoms with E-state index >= 15 is 0 Å². The minimum Gasteiger partial charge on any atom is -0.337 e. The molecule has 22 heavy (non-hydrogen) atoms. The van der Waals surface area contributed by atoms with Crippen molar-refractivity contribution in [1.82, 2.24) is 14.9 Å². The number of benzene rings is 1. The van der Waals surface area contributed by atoms with E-state index in [9.17, 15) is 4.79 Å². The van der Waals surface area contributed by atoms with Gasteiger partial charge >= 0.3 is 0 Å². The molecule has 0 saturated heterocycles. The first-order chi connectivity index (χ1) is 10.6. The summed E-state index contributed by atoms with van der Waals surface area (Å²) >= 11 is 7.17. The van der Waals surface area contributed by atoms with E-state index in [0.717, 1.165) is 11.4 Å². The molecule has 0 spiro atoms. The topological polar surface area (TPSA) is 46.9 Å². The van der Waals surface area contributed by atoms with Gasteiger partial charge in [-0.15, -0.1) is 11.3 Å². The molecule has 0 fully saturated rings. The maximum absolute atomic E-state index is 12.5. The van der Waals surface area contributed by atoms with Gasteiger partial charge in [-0.3, -0.25) is 4.79 Å². The molecule has 1 aromatic carbocycles. The van der Waals surface area contributed by atoms with E-state index in [1.807, 2.05) is 48.1 Å². The number of nitrogens with one attached hydrogen (secondary N) is 1. The summed E-state index contributed by atoms with van der Waals surface area (Å²) in [4.78, 5) is 17.4. The van der Waals surface area contributed by atoms with Gasteiger partial charge in [-0.25, -0.2) is 4.98 Å². The Kier molecular flexibility index (Phi) is 4.27. The largest absolute Gasteiger partial charge is 0.337 e. The Balaban J connectivity index is 1.93. The van der Waals surface area contributed by atoms with Crippen LogP contribution in [0.5, 0.6) is 0 Å². The van der Waals surface area contributed by atoms with Crippen LogP contribution in [-0.4, -0.2) is 15.5 Å². The highest BCUT2D eigenvalue weighted by atomic mass is 35.5. The zero-order chi connectivity index (χ0) is 15.5. The summed E-state index contributed by atoms with van der Waals surface area (Å²) in [6.45, 7) is 0. The second-order valence-electron chi connectivity index (χ2n) is 4.82. The van der Waals surface area contributed by atoms with Crippen molar-refractivity contribution in [2.75, 3.05) is 0 Å². The molecule has 2 aromatic heterocycles. The van der Waals surface area contributed by atoms with Crippen molar-refractivity contribution in [3.05, 3.63) is 75.5 Å². The molecule has 0 bridgehead atoms. The number of amides is 1. The SMILES string of the molecule is Cn1ccnc1C(NC(=O)c1ccc(Cl)s1)c1ccccc1. The lowest BCUT2D eigenvalue weighted by Crippen LogP contribution is -2.30. The summed E-state index contributed by atoms with van der Waals surface area (Å²) in [6, 6.07) is 12.9. The lowest BCUT2D eigenvalue weighted by Gasteiger charge is -2.18. The predicted molar refractivity (Wildman–Crippen MR) is 88.3 cm³/mol. The smallest absolute Gasteiger partial charge is 0.262 e. The quantitative estimate of drug-likeness (QED) is 0.793. The number of aryl methyl sites for hydroxylation is 1. The fraction of sp³-hybridized carbons (Fsp3) is 0.125. The molecule has 1 atom stereocenters. The van der Waals surface area contributed by atoms with Crippen LogP contribution in [0.1, 0.15) is 27.1 Å². The highest BCUT2D eigenvalue weighted by Gasteiger charge is 2.21. The van der Waals surface area contributed by atoms with Crippen LogP contribution in [-0.2, 0) is 7.05 Å². The number of carbonyl (C=O) groups is 1. The van der Waals surface area contributed by atoms with Gasteiger partial charge in [-0.2, -0.15) is 0 Å². The van der Waals surface area contributed by atoms with Gasteiger partial charge in [0.15, 0.2) is 0 Å². The number of aromatic nitrogens is 2. The predicted octanol–water partition coefficient (Wildman–Crippen LogP) is 3.65. The van der Waals surface area contributed by atoms with E-state index in [1.54, 1.807) is 18.3 Å². The average Bonchev–Trinajstić information content (AvgIpc) is 3.14. The maximum atomic E-state index is 12.5. The van der Waals surface area contributed by atoms with Crippen LogP contribution in [0.25, 0.3) is 0 Å². The highest BCUT2D eigenvalue weighted by Crippen LogP contribution is 2.24. The summed E-state index contributed by atoms with van der Waals surface area (Å²) < 4.78 is 2.50. The van der Waals surface area contributed by atoms with Crippen molar-refractivity contribution >= 4 is 28.8 Å². The van der Waals surface area contributed by atoms with Crippen molar-refractivity contribution in [3.8, 4) is 0 Å². The fourth-order valence-corrected chi connectivity index (χ4v) is 3.18. The van der Waals surface area contributed by atoms with Crippen molar-refractivity contribution in [2.45, 2.75) is 6.04 Å². The van der Waals surface area contributed by atoms with Crippen LogP contribution >= 0.6 is 22.9 Å². The summed E-state index contributed by atoms with van der Waals surface area (Å²) in [5.74, 6) is 0.621. The van der Waals surface area contributed by atoms with Crippen molar-refractivity contribution < 1.29 is 4.79 Å². The number of nitrogens with zero attached hydrogens (tertiary/aromatic N) is 2. The van der Waals surface area contributed by atoms with Gasteiger partial charge in [0.1, 0.15) is 11.9 Å². The van der Waals surface area contributed by atoms with Crippen LogP contribution in [0.4, 0.5) is 0 Å². The molecule has 2 heterocycles. The number of hydrogen-bond acceptors (Lipinski definition) is 3. The van der Waals surface area contributed by atoms with Gasteiger partial charge in [0.05, 0.1) is 9.21 Å². The van der Waals surface area contributed by atoms with E-state index < -0.39 is 0 Å². The Hall–Kier alpha value is -2.11. The summed E-state index contributed by atoms with van der Waals surface area (Å²) in [7, 11) is 1.91. The normalized spacial score (nSPS) is 12.1. The lowest BCUT2D eigenvalue weighted by molar-refractivity contribution is 0.0945. The Morgan fingerprint density at radius 2 is 2.05 bits per heavy atom. The van der Waals surface area contributed by atoms with Crippen LogP contribution in [0.2, 0.25) is 4.34 Å². The average molecular weight is 332 g/mol. The van der Waals surface area contributed by atoms with Crippen LogP contribution in [0.15, 0.2) is 54.9 Å². The molecule has 0 saturated carbocycles. The van der Waals surface area contributed by atoms with E-state index in [4.69, 9.17) is 11.6 Å². The summed E-state index contributed by atoms with van der Waals surface area (Å²) in [5.41, 5.74) is 0.979. The first-order valence-electron chi connectivity index (χ1n) is 6.73. The molecule has 3 rings (SSSR count). The first kappa shape index (κ1) is 14.8. The molecule has 112 valence electrons. The molecule has 1 N–H and O–H groups in total. The zero-order valence-corrected chi connectivity index (χ0v) is 13.4. The maximum Gasteiger partial charge on any atom is 0.262 e. The number of halogens is 1. The van der Waals surface area contributed by atoms with Gasteiger partial charge < -0.3 is 9.88 Å². The number of thiophene rings is 1. The third-order valence-corrected chi connectivity index (χ3v) is 4.55. The van der Waals surface area contributed by atoms with Crippen molar-refractivity contribution in [2.24, 2.45) is 7.05 Å². The molecule has 0 aliphatic heterocycles. The minimum atomic E-state index is -0.311. The van der Waals surface area contributed by atoms with Gasteiger partial charge in [-0.1, -0.05) is 41.9 Å². The van der Waals surface area contributed by atoms with Crippen molar-refractivity contribution in [1.29, 1.82) is 0 Å². The third-order valence-electron chi connectivity index (χ3n) is 3.32. The Morgan fingerprint density at radius 3 is 2.64 bits per heavy atom. The fourth-order valence-electron chi connectivity index (χ4n) is 2.24. The zero-order valence-electron chi connectivity index (χ0n) is 11.9. The summed E-state index contributed by atoms with van der Waals surface area (Å²) in [6.07, 6.45) is 3.58. The van der Waals surface area contributed by atoms with Crippen LogP contribution in [0, 0.1) is 0 Å². The monoisotopic (exact) mass is 331 g/mol. The molecule has 0 aliphatic carbocycles. The lowest BCUT2D eigenvalue weighted by atomic mass is 10.1. The van der Waals surface area contributed by atoms with Gasteiger partial charge in [0.2, 0.25) is 0 Å². The Bertz CT molecular complexity index is 782. The van der Waals surface area contributed by atoms with Crippen molar-refractivity contribution in [3.63, 3.8) is 0 Å². The van der Waals surface area contributed by atoms with E-state index in [-0.39, 0.29) is 11.9 Å². The second kappa shape index (κ2) is 6.34. The molecule has 3 aromatic rings. The minimum absolute atomic E-state index is 0.159. The number of rotatable bonds is 4. The Morgan fingerprint density at radius 1 is 1.27 bits per heavy atom.